The minimum Gasteiger partial charge on any atom is -0.872 e. The van der Waals surface area contributed by atoms with E-state index in [9.17, 15) is 5.11 Å². The van der Waals surface area contributed by atoms with Gasteiger partial charge in [-0.1, -0.05) is 63.3 Å². The molecule has 0 bridgehead atoms. The summed E-state index contributed by atoms with van der Waals surface area (Å²) in [4.78, 5) is 0. The third-order valence-corrected chi connectivity index (χ3v) is 2.74. The van der Waals surface area contributed by atoms with Crippen molar-refractivity contribution in [1.82, 2.24) is 0 Å². The molecule has 0 atom stereocenters. The van der Waals surface area contributed by atoms with Gasteiger partial charge in [0, 0.05) is 0 Å². The zero-order valence-electron chi connectivity index (χ0n) is 10.7. The van der Waals surface area contributed by atoms with Gasteiger partial charge in [0.25, 0.3) is 0 Å². The molecule has 0 fully saturated rings. The first-order valence-electron chi connectivity index (χ1n) is 6.09. The Morgan fingerprint density at radius 3 is 2.06 bits per heavy atom. The van der Waals surface area contributed by atoms with Crippen molar-refractivity contribution in [1.29, 1.82) is 0 Å². The molecule has 1 aromatic rings. The summed E-state index contributed by atoms with van der Waals surface area (Å²) in [7, 11) is 0. The Bertz CT molecular complexity index is 256. The molecule has 0 aliphatic rings. The van der Waals surface area contributed by atoms with Crippen LogP contribution in [0.1, 0.15) is 51.0 Å². The first kappa shape index (κ1) is 17.1. The monoisotopic (exact) mass is 338 g/mol. The Morgan fingerprint density at radius 2 is 1.44 bits per heavy atom. The van der Waals surface area contributed by atoms with Crippen LogP contribution in [-0.2, 0) is 6.42 Å². The maximum atomic E-state index is 10.9. The average Bonchev–Trinajstić information content (AvgIpc) is 2.26. The smallest absolute Gasteiger partial charge is 0.872 e. The van der Waals surface area contributed by atoms with Gasteiger partial charge in [0.1, 0.15) is 0 Å². The number of aryl methyl sites for hydroxylation is 1. The molecule has 0 N–H and O–H groups in total. The molecule has 0 radical (unpaired) electrons. The Labute approximate surface area is 158 Å². The number of benzene rings is 1. The molecule has 84 valence electrons. The van der Waals surface area contributed by atoms with Gasteiger partial charge >= 0.3 is 68.9 Å². The molecular formula is C14H21CsO. The molecule has 0 aliphatic carbocycles. The van der Waals surface area contributed by atoms with E-state index in [2.05, 4.69) is 6.92 Å². The van der Waals surface area contributed by atoms with Crippen molar-refractivity contribution in [3.05, 3.63) is 29.8 Å². The summed E-state index contributed by atoms with van der Waals surface area (Å²) < 4.78 is 0. The van der Waals surface area contributed by atoms with Crippen molar-refractivity contribution in [2.45, 2.75) is 51.9 Å². The molecule has 1 rings (SSSR count). The van der Waals surface area contributed by atoms with Crippen LogP contribution in [0, 0.1) is 0 Å². The average molecular weight is 338 g/mol. The predicted octanol–water partition coefficient (Wildman–Crippen LogP) is 0.667. The van der Waals surface area contributed by atoms with Gasteiger partial charge in [-0.3, -0.25) is 0 Å². The van der Waals surface area contributed by atoms with Crippen LogP contribution < -0.4 is 74.0 Å². The van der Waals surface area contributed by atoms with E-state index < -0.39 is 0 Å². The van der Waals surface area contributed by atoms with Gasteiger partial charge in [-0.25, -0.2) is 0 Å². The molecule has 2 heteroatoms. The fourth-order valence-electron chi connectivity index (χ4n) is 1.77. The van der Waals surface area contributed by atoms with Crippen molar-refractivity contribution in [2.75, 3.05) is 0 Å². The summed E-state index contributed by atoms with van der Waals surface area (Å²) in [5.41, 5.74) is 1.30. The van der Waals surface area contributed by atoms with Crippen molar-refractivity contribution in [2.24, 2.45) is 0 Å². The molecule has 1 aromatic carbocycles. The van der Waals surface area contributed by atoms with E-state index in [4.69, 9.17) is 0 Å². The molecule has 0 amide bonds. The number of rotatable bonds is 7. The molecule has 0 aliphatic heterocycles. The van der Waals surface area contributed by atoms with Crippen LogP contribution >= 0.6 is 0 Å². The first-order chi connectivity index (χ1) is 7.33. The molecule has 0 unspecified atom stereocenters. The Hall–Kier alpha value is 1.07. The fraction of sp³-hybridized carbons (Fsp3) is 0.571. The third kappa shape index (κ3) is 8.21. The largest absolute Gasteiger partial charge is 1.00 e. The van der Waals surface area contributed by atoms with E-state index in [1.54, 1.807) is 12.1 Å². The Balaban J connectivity index is 0.00000225. The van der Waals surface area contributed by atoms with Crippen molar-refractivity contribution in [3.63, 3.8) is 0 Å². The molecule has 0 saturated carbocycles. The van der Waals surface area contributed by atoms with E-state index in [0.717, 1.165) is 6.42 Å². The molecule has 16 heavy (non-hydrogen) atoms. The second-order valence-corrected chi connectivity index (χ2v) is 4.16. The summed E-state index contributed by atoms with van der Waals surface area (Å²) in [6, 6.07) is 7.22. The first-order valence-corrected chi connectivity index (χ1v) is 6.09. The minimum atomic E-state index is 0. The summed E-state index contributed by atoms with van der Waals surface area (Å²) in [5, 5.41) is 10.9. The second-order valence-electron chi connectivity index (χ2n) is 4.16. The third-order valence-electron chi connectivity index (χ3n) is 2.74. The summed E-state index contributed by atoms with van der Waals surface area (Å²) in [6.45, 7) is 2.24. The van der Waals surface area contributed by atoms with Crippen LogP contribution in [-0.4, -0.2) is 0 Å². The van der Waals surface area contributed by atoms with Crippen LogP contribution in [0.4, 0.5) is 0 Å². The second kappa shape index (κ2) is 11.2. The Morgan fingerprint density at radius 1 is 0.875 bits per heavy atom. The summed E-state index contributed by atoms with van der Waals surface area (Å²) in [5.74, 6) is 0.113. The van der Waals surface area contributed by atoms with E-state index >= 15 is 0 Å². The summed E-state index contributed by atoms with van der Waals surface area (Å²) >= 11 is 0. The van der Waals surface area contributed by atoms with E-state index in [1.807, 2.05) is 12.1 Å². The van der Waals surface area contributed by atoms with Crippen LogP contribution in [0.5, 0.6) is 5.75 Å². The SMILES string of the molecule is CCCCCCCCc1ccc([O-])cc1.[Cs+]. The molecular weight excluding hydrogens is 317 g/mol. The van der Waals surface area contributed by atoms with Gasteiger partial charge in [-0.05, 0) is 18.4 Å². The van der Waals surface area contributed by atoms with Crippen LogP contribution in [0.25, 0.3) is 0 Å². The molecule has 0 spiro atoms. The standard InChI is InChI=1S/C14H22O.Cs/c1-2-3-4-5-6-7-8-13-9-11-14(15)12-10-13;/h9-12,15H,2-8H2,1H3;/q;+1/p-1. The number of hydrogen-bond donors (Lipinski definition) is 0. The topological polar surface area (TPSA) is 23.1 Å². The van der Waals surface area contributed by atoms with Gasteiger partial charge in [0.05, 0.1) is 0 Å². The van der Waals surface area contributed by atoms with Crippen LogP contribution in [0.15, 0.2) is 24.3 Å². The summed E-state index contributed by atoms with van der Waals surface area (Å²) in [6.07, 6.45) is 9.09. The van der Waals surface area contributed by atoms with Crippen molar-refractivity contribution in [3.8, 4) is 5.75 Å². The van der Waals surface area contributed by atoms with Gasteiger partial charge in [0.15, 0.2) is 0 Å². The van der Waals surface area contributed by atoms with Gasteiger partial charge in [-0.15, -0.1) is 5.75 Å². The number of unbranched alkanes of at least 4 members (excludes halogenated alkanes) is 5. The van der Waals surface area contributed by atoms with Crippen molar-refractivity contribution >= 4 is 0 Å². The van der Waals surface area contributed by atoms with Crippen molar-refractivity contribution < 1.29 is 74.0 Å². The molecule has 0 heterocycles. The maximum absolute atomic E-state index is 10.9. The fourth-order valence-corrected chi connectivity index (χ4v) is 1.77. The zero-order valence-corrected chi connectivity index (χ0v) is 16.9. The van der Waals surface area contributed by atoms with Crippen LogP contribution in [0.3, 0.4) is 0 Å². The Kier molecular flexibility index (Phi) is 11.9. The predicted molar refractivity (Wildman–Crippen MR) is 63.0 cm³/mol. The molecule has 0 saturated heterocycles. The molecule has 1 nitrogen and oxygen atoms in total. The van der Waals surface area contributed by atoms with Gasteiger partial charge < -0.3 is 5.11 Å². The van der Waals surface area contributed by atoms with E-state index in [-0.39, 0.29) is 74.6 Å². The molecule has 0 aromatic heterocycles. The zero-order chi connectivity index (χ0) is 10.9. The maximum Gasteiger partial charge on any atom is 1.00 e. The van der Waals surface area contributed by atoms with E-state index in [0.29, 0.717) is 0 Å². The van der Waals surface area contributed by atoms with Gasteiger partial charge in [-0.2, -0.15) is 0 Å². The van der Waals surface area contributed by atoms with Gasteiger partial charge in [0.2, 0.25) is 0 Å². The van der Waals surface area contributed by atoms with E-state index in [1.165, 1.54) is 44.1 Å². The quantitative estimate of drug-likeness (QED) is 0.670. The minimum absolute atomic E-state index is 0. The number of hydrogen-bond acceptors (Lipinski definition) is 1. The normalized spacial score (nSPS) is 9.81. The van der Waals surface area contributed by atoms with Crippen LogP contribution in [0.2, 0.25) is 0 Å².